The smallest absolute Gasteiger partial charge is 0.277 e. The highest BCUT2D eigenvalue weighted by molar-refractivity contribution is 6.02. The van der Waals surface area contributed by atoms with Crippen molar-refractivity contribution in [3.05, 3.63) is 42.0 Å². The van der Waals surface area contributed by atoms with E-state index < -0.39 is 0 Å². The predicted molar refractivity (Wildman–Crippen MR) is 93.0 cm³/mol. The zero-order chi connectivity index (χ0) is 17.9. The lowest BCUT2D eigenvalue weighted by atomic mass is 10.1. The number of hydrogen-bond acceptors (Lipinski definition) is 7. The second-order valence-electron chi connectivity index (χ2n) is 6.21. The van der Waals surface area contributed by atoms with E-state index in [-0.39, 0.29) is 11.9 Å². The van der Waals surface area contributed by atoms with E-state index in [1.807, 2.05) is 19.1 Å². The van der Waals surface area contributed by atoms with E-state index in [0.717, 1.165) is 31.6 Å². The molecule has 2 N–H and O–H groups in total. The van der Waals surface area contributed by atoms with Crippen LogP contribution in [-0.2, 0) is 0 Å². The van der Waals surface area contributed by atoms with Crippen molar-refractivity contribution in [2.24, 2.45) is 0 Å². The Labute approximate surface area is 149 Å². The van der Waals surface area contributed by atoms with Gasteiger partial charge in [0, 0.05) is 5.69 Å². The van der Waals surface area contributed by atoms with Crippen LogP contribution < -0.4 is 10.6 Å². The second kappa shape index (κ2) is 7.00. The van der Waals surface area contributed by atoms with Crippen LogP contribution in [0.2, 0.25) is 0 Å². The molecule has 1 amide bonds. The first-order valence-electron chi connectivity index (χ1n) is 8.50. The molecule has 10 heteroatoms. The molecule has 1 aliphatic rings. The fraction of sp³-hybridized carbons (Fsp3) is 0.375. The zero-order valence-corrected chi connectivity index (χ0v) is 14.3. The molecular weight excluding hydrogens is 334 g/mol. The van der Waals surface area contributed by atoms with Crippen LogP contribution in [0.3, 0.4) is 0 Å². The summed E-state index contributed by atoms with van der Waals surface area (Å²) in [5.41, 5.74) is 1.70. The van der Waals surface area contributed by atoms with Gasteiger partial charge in [0.05, 0.1) is 17.9 Å². The molecule has 1 saturated heterocycles. The third kappa shape index (κ3) is 3.31. The molecule has 26 heavy (non-hydrogen) atoms. The van der Waals surface area contributed by atoms with Crippen LogP contribution >= 0.6 is 0 Å². The maximum atomic E-state index is 12.5. The van der Waals surface area contributed by atoms with Crippen molar-refractivity contribution >= 4 is 11.6 Å². The standard InChI is InChI=1S/C16H19N9O/c1-11-19-21-23-25(11)14-4-2-3-12(9-14)18-16(26)15-10-24(22-20-15)13-5-7-17-8-6-13/h2-4,9-10,13,17H,5-8H2,1H3,(H,18,26). The van der Waals surface area contributed by atoms with Crippen LogP contribution in [0.4, 0.5) is 5.69 Å². The van der Waals surface area contributed by atoms with Crippen molar-refractivity contribution in [1.29, 1.82) is 0 Å². The molecule has 0 spiro atoms. The first-order chi connectivity index (χ1) is 12.7. The predicted octanol–water partition coefficient (Wildman–Crippen LogP) is 0.739. The van der Waals surface area contributed by atoms with Gasteiger partial charge in [-0.2, -0.15) is 4.68 Å². The van der Waals surface area contributed by atoms with Crippen LogP contribution in [0.25, 0.3) is 5.69 Å². The molecule has 134 valence electrons. The van der Waals surface area contributed by atoms with E-state index >= 15 is 0 Å². The average molecular weight is 353 g/mol. The van der Waals surface area contributed by atoms with Gasteiger partial charge in [-0.3, -0.25) is 4.79 Å². The number of carbonyl (C=O) groups is 1. The minimum absolute atomic E-state index is 0.288. The fourth-order valence-electron chi connectivity index (χ4n) is 3.01. The maximum Gasteiger partial charge on any atom is 0.277 e. The van der Waals surface area contributed by atoms with E-state index in [1.165, 1.54) is 0 Å². The highest BCUT2D eigenvalue weighted by Crippen LogP contribution is 2.18. The highest BCUT2D eigenvalue weighted by atomic mass is 16.2. The van der Waals surface area contributed by atoms with Crippen LogP contribution in [0, 0.1) is 6.92 Å². The number of benzene rings is 1. The second-order valence-corrected chi connectivity index (χ2v) is 6.21. The molecule has 4 rings (SSSR count). The van der Waals surface area contributed by atoms with Crippen molar-refractivity contribution < 1.29 is 4.79 Å². The number of aryl methyl sites for hydroxylation is 1. The van der Waals surface area contributed by atoms with Gasteiger partial charge in [-0.15, -0.1) is 10.2 Å². The minimum atomic E-state index is -0.296. The van der Waals surface area contributed by atoms with E-state index in [4.69, 9.17) is 0 Å². The lowest BCUT2D eigenvalue weighted by Gasteiger charge is -2.22. The third-order valence-electron chi connectivity index (χ3n) is 4.40. The summed E-state index contributed by atoms with van der Waals surface area (Å²) in [5.74, 6) is 0.370. The monoisotopic (exact) mass is 353 g/mol. The number of nitrogens with zero attached hydrogens (tertiary/aromatic N) is 7. The Hall–Kier alpha value is -3.14. The molecule has 0 atom stereocenters. The van der Waals surface area contributed by atoms with Gasteiger partial charge in [0.2, 0.25) is 0 Å². The van der Waals surface area contributed by atoms with Gasteiger partial charge in [-0.1, -0.05) is 11.3 Å². The Morgan fingerprint density at radius 3 is 2.85 bits per heavy atom. The summed E-state index contributed by atoms with van der Waals surface area (Å²) >= 11 is 0. The van der Waals surface area contributed by atoms with Gasteiger partial charge in [0.15, 0.2) is 11.5 Å². The van der Waals surface area contributed by atoms with Gasteiger partial charge in [0.25, 0.3) is 5.91 Å². The maximum absolute atomic E-state index is 12.5. The zero-order valence-electron chi connectivity index (χ0n) is 14.3. The van der Waals surface area contributed by atoms with E-state index in [0.29, 0.717) is 17.2 Å². The number of anilines is 1. The summed E-state index contributed by atoms with van der Waals surface area (Å²) in [7, 11) is 0. The first-order valence-corrected chi connectivity index (χ1v) is 8.50. The summed E-state index contributed by atoms with van der Waals surface area (Å²) in [6.45, 7) is 3.72. The summed E-state index contributed by atoms with van der Waals surface area (Å²) in [4.78, 5) is 12.5. The van der Waals surface area contributed by atoms with Gasteiger partial charge in [0.1, 0.15) is 0 Å². The van der Waals surface area contributed by atoms with Crippen LogP contribution in [-0.4, -0.2) is 54.2 Å². The normalized spacial score (nSPS) is 15.1. The summed E-state index contributed by atoms with van der Waals surface area (Å²) in [5, 5.41) is 25.7. The number of rotatable bonds is 4. The number of carbonyl (C=O) groups excluding carboxylic acids is 1. The lowest BCUT2D eigenvalue weighted by molar-refractivity contribution is 0.102. The molecule has 3 aromatic rings. The molecule has 3 heterocycles. The lowest BCUT2D eigenvalue weighted by Crippen LogP contribution is -2.29. The van der Waals surface area contributed by atoms with E-state index in [2.05, 4.69) is 36.5 Å². The summed E-state index contributed by atoms with van der Waals surface area (Å²) < 4.78 is 3.39. The molecule has 1 aromatic carbocycles. The van der Waals surface area contributed by atoms with Crippen molar-refractivity contribution in [3.63, 3.8) is 0 Å². The van der Waals surface area contributed by atoms with Crippen LogP contribution in [0.5, 0.6) is 0 Å². The Morgan fingerprint density at radius 2 is 2.08 bits per heavy atom. The van der Waals surface area contributed by atoms with Crippen molar-refractivity contribution in [2.45, 2.75) is 25.8 Å². The van der Waals surface area contributed by atoms with Gasteiger partial charge >= 0.3 is 0 Å². The topological polar surface area (TPSA) is 115 Å². The molecule has 0 unspecified atom stereocenters. The third-order valence-corrected chi connectivity index (χ3v) is 4.40. The fourth-order valence-corrected chi connectivity index (χ4v) is 3.01. The Kier molecular flexibility index (Phi) is 4.40. The number of tetrazole rings is 1. The van der Waals surface area contributed by atoms with E-state index in [9.17, 15) is 4.79 Å². The highest BCUT2D eigenvalue weighted by Gasteiger charge is 2.19. The summed E-state index contributed by atoms with van der Waals surface area (Å²) in [6, 6.07) is 7.60. The Bertz CT molecular complexity index is 910. The molecule has 0 radical (unpaired) electrons. The van der Waals surface area contributed by atoms with Crippen molar-refractivity contribution in [3.8, 4) is 5.69 Å². The van der Waals surface area contributed by atoms with Gasteiger partial charge in [-0.05, 0) is 61.5 Å². The number of amides is 1. The molecule has 2 aromatic heterocycles. The van der Waals surface area contributed by atoms with Gasteiger partial charge in [-0.25, -0.2) is 4.68 Å². The average Bonchev–Trinajstić information content (AvgIpc) is 3.32. The number of hydrogen-bond donors (Lipinski definition) is 2. The quantitative estimate of drug-likeness (QED) is 0.710. The molecule has 0 saturated carbocycles. The molecule has 1 fully saturated rings. The van der Waals surface area contributed by atoms with Crippen LogP contribution in [0.15, 0.2) is 30.5 Å². The molecule has 0 aliphatic carbocycles. The first kappa shape index (κ1) is 16.3. The molecule has 10 nitrogen and oxygen atoms in total. The summed E-state index contributed by atoms with van der Waals surface area (Å²) in [6.07, 6.45) is 3.68. The Morgan fingerprint density at radius 1 is 1.23 bits per heavy atom. The molecule has 1 aliphatic heterocycles. The molecule has 0 bridgehead atoms. The van der Waals surface area contributed by atoms with Gasteiger partial charge < -0.3 is 10.6 Å². The number of nitrogens with one attached hydrogen (secondary N) is 2. The Balaban J connectivity index is 1.48. The number of aromatic nitrogens is 7. The minimum Gasteiger partial charge on any atom is -0.320 e. The van der Waals surface area contributed by atoms with E-state index in [1.54, 1.807) is 27.7 Å². The van der Waals surface area contributed by atoms with Crippen molar-refractivity contribution in [2.75, 3.05) is 18.4 Å². The van der Waals surface area contributed by atoms with Crippen LogP contribution in [0.1, 0.15) is 35.2 Å². The number of piperidine rings is 1. The van der Waals surface area contributed by atoms with Crippen molar-refractivity contribution in [1.82, 2.24) is 40.5 Å². The molecular formula is C16H19N9O. The SMILES string of the molecule is Cc1nnnn1-c1cccc(NC(=O)c2cn(C3CCNCC3)nn2)c1. The largest absolute Gasteiger partial charge is 0.320 e.